The second-order valence-corrected chi connectivity index (χ2v) is 7.83. The highest BCUT2D eigenvalue weighted by molar-refractivity contribution is 6.43. The highest BCUT2D eigenvalue weighted by atomic mass is 35.5. The number of anilines is 1. The maximum Gasteiger partial charge on any atom is 0.340 e. The summed E-state index contributed by atoms with van der Waals surface area (Å²) in [6, 6.07) is 12.8. The summed E-state index contributed by atoms with van der Waals surface area (Å²) < 4.78 is 4.93. The van der Waals surface area contributed by atoms with Crippen molar-refractivity contribution >= 4 is 46.8 Å². The second-order valence-electron chi connectivity index (χ2n) is 7.04. The van der Waals surface area contributed by atoms with Crippen molar-refractivity contribution < 1.29 is 14.3 Å². The Bertz CT molecular complexity index is 1040. The SMILES string of the molecule is COC(=O)C1=C(C)N(c2ccc(C(C)C)cc2)C(=O)/C1=C\c1cccc(Cl)c1Cl. The lowest BCUT2D eigenvalue weighted by Crippen LogP contribution is -2.24. The lowest BCUT2D eigenvalue weighted by molar-refractivity contribution is -0.136. The van der Waals surface area contributed by atoms with Crippen LogP contribution in [0.3, 0.4) is 0 Å². The molecular weight excluding hydrogens is 409 g/mol. The van der Waals surface area contributed by atoms with Crippen molar-refractivity contribution in [2.24, 2.45) is 0 Å². The van der Waals surface area contributed by atoms with E-state index in [1.165, 1.54) is 12.0 Å². The molecule has 3 rings (SSSR count). The van der Waals surface area contributed by atoms with Crippen molar-refractivity contribution in [2.75, 3.05) is 12.0 Å². The number of ether oxygens (including phenoxy) is 1. The predicted molar refractivity (Wildman–Crippen MR) is 117 cm³/mol. The molecule has 2 aromatic rings. The molecule has 29 heavy (non-hydrogen) atoms. The van der Waals surface area contributed by atoms with Gasteiger partial charge in [0, 0.05) is 11.4 Å². The van der Waals surface area contributed by atoms with E-state index in [0.29, 0.717) is 32.9 Å². The maximum atomic E-state index is 13.3. The van der Waals surface area contributed by atoms with E-state index >= 15 is 0 Å². The van der Waals surface area contributed by atoms with Crippen LogP contribution in [0.25, 0.3) is 6.08 Å². The number of amides is 1. The first-order valence-corrected chi connectivity index (χ1v) is 9.91. The van der Waals surface area contributed by atoms with Gasteiger partial charge in [0.25, 0.3) is 5.91 Å². The number of methoxy groups -OCH3 is 1. The summed E-state index contributed by atoms with van der Waals surface area (Å²) in [5.41, 5.74) is 3.32. The molecule has 0 N–H and O–H groups in total. The fourth-order valence-electron chi connectivity index (χ4n) is 3.29. The van der Waals surface area contributed by atoms with Gasteiger partial charge in [0.05, 0.1) is 28.3 Å². The first-order valence-electron chi connectivity index (χ1n) is 9.16. The van der Waals surface area contributed by atoms with Gasteiger partial charge in [-0.1, -0.05) is 61.3 Å². The van der Waals surface area contributed by atoms with Gasteiger partial charge in [0.15, 0.2) is 0 Å². The standard InChI is InChI=1S/C23H21Cl2NO3/c1-13(2)15-8-10-17(11-9-15)26-14(3)20(23(28)29-4)18(22(26)27)12-16-6-5-7-19(24)21(16)25/h5-13H,1-4H3/b18-12-. The van der Waals surface area contributed by atoms with Crippen LogP contribution in [0, 0.1) is 0 Å². The zero-order valence-corrected chi connectivity index (χ0v) is 18.1. The Morgan fingerprint density at radius 3 is 2.34 bits per heavy atom. The molecule has 1 heterocycles. The van der Waals surface area contributed by atoms with Crippen LogP contribution in [-0.2, 0) is 14.3 Å². The third-order valence-corrected chi connectivity index (χ3v) is 5.72. The largest absolute Gasteiger partial charge is 0.465 e. The number of rotatable bonds is 4. The van der Waals surface area contributed by atoms with Crippen molar-refractivity contribution in [2.45, 2.75) is 26.7 Å². The number of halogens is 2. The summed E-state index contributed by atoms with van der Waals surface area (Å²) in [4.78, 5) is 27.3. The summed E-state index contributed by atoms with van der Waals surface area (Å²) in [5, 5.41) is 0.684. The normalized spacial score (nSPS) is 15.6. The molecule has 0 bridgehead atoms. The minimum Gasteiger partial charge on any atom is -0.465 e. The quantitative estimate of drug-likeness (QED) is 0.442. The lowest BCUT2D eigenvalue weighted by Gasteiger charge is -2.19. The molecule has 6 heteroatoms. The Morgan fingerprint density at radius 2 is 1.76 bits per heavy atom. The number of carbonyl (C=O) groups is 2. The molecule has 1 aliphatic heterocycles. The van der Waals surface area contributed by atoms with Gasteiger partial charge < -0.3 is 4.74 Å². The Kier molecular flexibility index (Phi) is 6.15. The van der Waals surface area contributed by atoms with Crippen molar-refractivity contribution in [1.29, 1.82) is 0 Å². The molecule has 1 amide bonds. The number of hydrogen-bond donors (Lipinski definition) is 0. The number of esters is 1. The smallest absolute Gasteiger partial charge is 0.340 e. The Balaban J connectivity index is 2.13. The number of nitrogens with zero attached hydrogens (tertiary/aromatic N) is 1. The molecule has 2 aromatic carbocycles. The van der Waals surface area contributed by atoms with E-state index in [4.69, 9.17) is 27.9 Å². The van der Waals surface area contributed by atoms with Crippen LogP contribution in [0.4, 0.5) is 5.69 Å². The van der Waals surface area contributed by atoms with Crippen molar-refractivity contribution in [3.63, 3.8) is 0 Å². The van der Waals surface area contributed by atoms with Crippen LogP contribution in [0.15, 0.2) is 59.3 Å². The zero-order valence-electron chi connectivity index (χ0n) is 16.6. The number of carbonyl (C=O) groups excluding carboxylic acids is 2. The molecule has 0 radical (unpaired) electrons. The van der Waals surface area contributed by atoms with Gasteiger partial charge in [-0.15, -0.1) is 0 Å². The molecule has 0 atom stereocenters. The average Bonchev–Trinajstić information content (AvgIpc) is 2.94. The monoisotopic (exact) mass is 429 g/mol. The molecular formula is C23H21Cl2NO3. The maximum absolute atomic E-state index is 13.3. The molecule has 1 aliphatic rings. The average molecular weight is 430 g/mol. The van der Waals surface area contributed by atoms with E-state index in [1.54, 1.807) is 31.2 Å². The fourth-order valence-corrected chi connectivity index (χ4v) is 3.65. The summed E-state index contributed by atoms with van der Waals surface area (Å²) >= 11 is 12.4. The van der Waals surface area contributed by atoms with Crippen LogP contribution in [0.5, 0.6) is 0 Å². The first-order chi connectivity index (χ1) is 13.8. The van der Waals surface area contributed by atoms with Crippen LogP contribution < -0.4 is 4.90 Å². The third-order valence-electron chi connectivity index (χ3n) is 4.89. The molecule has 0 spiro atoms. The van der Waals surface area contributed by atoms with Crippen molar-refractivity contribution in [3.05, 3.63) is 80.5 Å². The van der Waals surface area contributed by atoms with Crippen LogP contribution in [0.2, 0.25) is 10.0 Å². The predicted octanol–water partition coefficient (Wildman–Crippen LogP) is 5.99. The molecule has 4 nitrogen and oxygen atoms in total. The van der Waals surface area contributed by atoms with E-state index in [9.17, 15) is 9.59 Å². The topological polar surface area (TPSA) is 46.6 Å². The molecule has 150 valence electrons. The Hall–Kier alpha value is -2.56. The van der Waals surface area contributed by atoms with Gasteiger partial charge in [-0.05, 0) is 48.2 Å². The summed E-state index contributed by atoms with van der Waals surface area (Å²) in [6.07, 6.45) is 1.58. The van der Waals surface area contributed by atoms with Gasteiger partial charge in [-0.25, -0.2) is 4.79 Å². The summed E-state index contributed by atoms with van der Waals surface area (Å²) in [7, 11) is 1.29. The highest BCUT2D eigenvalue weighted by Gasteiger charge is 2.38. The third kappa shape index (κ3) is 3.96. The molecule has 0 aliphatic carbocycles. The zero-order chi connectivity index (χ0) is 21.3. The highest BCUT2D eigenvalue weighted by Crippen LogP contribution is 2.37. The number of allylic oxidation sites excluding steroid dienone is 1. The van der Waals surface area contributed by atoms with E-state index in [1.807, 2.05) is 24.3 Å². The van der Waals surface area contributed by atoms with Crippen LogP contribution in [-0.4, -0.2) is 19.0 Å². The van der Waals surface area contributed by atoms with Crippen LogP contribution in [0.1, 0.15) is 37.8 Å². The molecule has 0 saturated heterocycles. The van der Waals surface area contributed by atoms with Gasteiger partial charge in [0.1, 0.15) is 0 Å². The Morgan fingerprint density at radius 1 is 1.10 bits per heavy atom. The van der Waals surface area contributed by atoms with Gasteiger partial charge in [-0.2, -0.15) is 0 Å². The lowest BCUT2D eigenvalue weighted by atomic mass is 10.0. The summed E-state index contributed by atoms with van der Waals surface area (Å²) in [6.45, 7) is 5.93. The van der Waals surface area contributed by atoms with Gasteiger partial charge in [-0.3, -0.25) is 9.69 Å². The first kappa shape index (κ1) is 21.2. The van der Waals surface area contributed by atoms with Crippen molar-refractivity contribution in [3.8, 4) is 0 Å². The van der Waals surface area contributed by atoms with Crippen LogP contribution >= 0.6 is 23.2 Å². The minimum atomic E-state index is -0.582. The number of benzene rings is 2. The molecule has 0 saturated carbocycles. The minimum absolute atomic E-state index is 0.210. The number of hydrogen-bond acceptors (Lipinski definition) is 3. The van der Waals surface area contributed by atoms with E-state index in [0.717, 1.165) is 5.56 Å². The summed E-state index contributed by atoms with van der Waals surface area (Å²) in [5.74, 6) is -0.529. The molecule has 0 aromatic heterocycles. The van der Waals surface area contributed by atoms with Crippen molar-refractivity contribution in [1.82, 2.24) is 0 Å². The molecule has 0 unspecified atom stereocenters. The van der Waals surface area contributed by atoms with E-state index < -0.39 is 5.97 Å². The van der Waals surface area contributed by atoms with Gasteiger partial charge in [0.2, 0.25) is 0 Å². The van der Waals surface area contributed by atoms with E-state index in [-0.39, 0.29) is 17.1 Å². The Labute approximate surface area is 180 Å². The molecule has 0 fully saturated rings. The second kappa shape index (κ2) is 8.44. The fraction of sp³-hybridized carbons (Fsp3) is 0.217. The van der Waals surface area contributed by atoms with E-state index in [2.05, 4.69) is 13.8 Å². The van der Waals surface area contributed by atoms with Gasteiger partial charge >= 0.3 is 5.97 Å².